The molecule has 34 heavy (non-hydrogen) atoms. The van der Waals surface area contributed by atoms with Crippen LogP contribution in [0.1, 0.15) is 32.0 Å². The van der Waals surface area contributed by atoms with Crippen molar-refractivity contribution in [2.75, 3.05) is 0 Å². The van der Waals surface area contributed by atoms with Crippen molar-refractivity contribution < 1.29 is 21.8 Å². The van der Waals surface area contributed by atoms with Gasteiger partial charge in [-0.1, -0.05) is 99.6 Å². The molecule has 6 heteroatoms. The second-order valence-electron chi connectivity index (χ2n) is 9.06. The van der Waals surface area contributed by atoms with Gasteiger partial charge < -0.3 is 17.3 Å². The first-order chi connectivity index (χ1) is 16.0. The molecule has 0 aliphatic carbocycles. The zero-order valence-electron chi connectivity index (χ0n) is 19.6. The third kappa shape index (κ3) is 7.31. The summed E-state index contributed by atoms with van der Waals surface area (Å²) >= 11 is 0. The fraction of sp³-hybridized carbons (Fsp3) is 0.179. The lowest BCUT2D eigenvalue weighted by atomic mass is 9.88. The number of benzene rings is 3. The predicted octanol–water partition coefficient (Wildman–Crippen LogP) is 7.95. The van der Waals surface area contributed by atoms with Gasteiger partial charge in [0, 0.05) is 28.7 Å². The summed E-state index contributed by atoms with van der Waals surface area (Å²) in [5.41, 5.74) is 7.67. The largest absolute Gasteiger partial charge is 0.673 e. The van der Waals surface area contributed by atoms with Crippen LogP contribution in [0.2, 0.25) is 0 Å². The van der Waals surface area contributed by atoms with Crippen molar-refractivity contribution in [2.24, 2.45) is 0 Å². The Kier molecular flexibility index (Phi) is 7.92. The molecule has 4 rings (SSSR count). The van der Waals surface area contributed by atoms with E-state index in [0.717, 1.165) is 6.54 Å². The van der Waals surface area contributed by atoms with Crippen molar-refractivity contribution in [2.45, 2.75) is 32.7 Å². The molecule has 0 aliphatic heterocycles. The average molecular weight is 465 g/mol. The van der Waals surface area contributed by atoms with Crippen LogP contribution in [0.3, 0.4) is 0 Å². The van der Waals surface area contributed by atoms with E-state index in [2.05, 4.69) is 128 Å². The summed E-state index contributed by atoms with van der Waals surface area (Å²) in [6.07, 6.45) is 0. The van der Waals surface area contributed by atoms with Gasteiger partial charge in [-0.05, 0) is 23.3 Å². The number of pyridine rings is 1. The first-order valence-corrected chi connectivity index (χ1v) is 11.1. The lowest BCUT2D eigenvalue weighted by Crippen LogP contribution is -2.45. The van der Waals surface area contributed by atoms with Gasteiger partial charge in [-0.15, -0.1) is 0 Å². The molecule has 0 spiro atoms. The number of hydrogen-bond acceptors (Lipinski definition) is 0. The van der Waals surface area contributed by atoms with Gasteiger partial charge in [0.05, 0.1) is 0 Å². The van der Waals surface area contributed by atoms with Gasteiger partial charge in [0.1, 0.15) is 0 Å². The molecule has 0 saturated heterocycles. The van der Waals surface area contributed by atoms with Crippen LogP contribution < -0.4 is 4.57 Å². The first kappa shape index (κ1) is 25.2. The Morgan fingerprint density at radius 3 is 1.53 bits per heavy atom. The van der Waals surface area contributed by atoms with Gasteiger partial charge in [0.2, 0.25) is 5.69 Å². The van der Waals surface area contributed by atoms with E-state index in [9.17, 15) is 17.3 Å². The monoisotopic (exact) mass is 465 g/mol. The maximum absolute atomic E-state index is 9.75. The number of halogens is 4. The van der Waals surface area contributed by atoms with Gasteiger partial charge in [-0.25, -0.2) is 0 Å². The van der Waals surface area contributed by atoms with Crippen LogP contribution in [0, 0.1) is 0 Å². The molecular weight excluding hydrogens is 437 g/mol. The summed E-state index contributed by atoms with van der Waals surface area (Å²) in [7, 11) is -6.00. The van der Waals surface area contributed by atoms with Crippen LogP contribution in [0.25, 0.3) is 22.4 Å². The van der Waals surface area contributed by atoms with Gasteiger partial charge in [-0.3, -0.25) is 0 Å². The average Bonchev–Trinajstić information content (AvgIpc) is 2.79. The van der Waals surface area contributed by atoms with Crippen LogP contribution in [0.4, 0.5) is 17.3 Å². The summed E-state index contributed by atoms with van der Waals surface area (Å²) < 4.78 is 41.5. The third-order valence-corrected chi connectivity index (χ3v) is 5.29. The molecular formula is C28H28BF4N. The highest BCUT2D eigenvalue weighted by atomic mass is 19.5. The van der Waals surface area contributed by atoms with Crippen LogP contribution in [0.5, 0.6) is 0 Å². The molecule has 0 atom stereocenters. The van der Waals surface area contributed by atoms with E-state index in [0.29, 0.717) is 0 Å². The molecule has 1 nitrogen and oxygen atoms in total. The zero-order valence-corrected chi connectivity index (χ0v) is 19.6. The Morgan fingerprint density at radius 1 is 0.618 bits per heavy atom. The minimum atomic E-state index is -6.00. The molecule has 1 aromatic heterocycles. The first-order valence-electron chi connectivity index (χ1n) is 11.1. The van der Waals surface area contributed by atoms with Gasteiger partial charge >= 0.3 is 7.25 Å². The highest BCUT2D eigenvalue weighted by Crippen LogP contribution is 2.30. The lowest BCUT2D eigenvalue weighted by Gasteiger charge is -2.21. The van der Waals surface area contributed by atoms with Crippen molar-refractivity contribution in [3.05, 3.63) is 114 Å². The van der Waals surface area contributed by atoms with Crippen molar-refractivity contribution >= 4 is 7.25 Å². The number of aromatic nitrogens is 1. The van der Waals surface area contributed by atoms with E-state index in [1.54, 1.807) is 0 Å². The molecule has 1 heterocycles. The van der Waals surface area contributed by atoms with Crippen LogP contribution in [-0.2, 0) is 12.0 Å². The highest BCUT2D eigenvalue weighted by molar-refractivity contribution is 6.50. The van der Waals surface area contributed by atoms with Crippen molar-refractivity contribution in [1.29, 1.82) is 0 Å². The fourth-order valence-corrected chi connectivity index (χ4v) is 3.82. The molecule has 0 fully saturated rings. The van der Waals surface area contributed by atoms with Gasteiger partial charge in [0.25, 0.3) is 0 Å². The number of nitrogens with zero attached hydrogens (tertiary/aromatic N) is 1. The Bertz CT molecular complexity index is 1180. The maximum atomic E-state index is 9.75. The maximum Gasteiger partial charge on any atom is 0.673 e. The molecule has 0 saturated carbocycles. The van der Waals surface area contributed by atoms with Gasteiger partial charge in [-0.2, -0.15) is 4.57 Å². The molecule has 4 aromatic rings. The number of rotatable bonds is 4. The van der Waals surface area contributed by atoms with Crippen molar-refractivity contribution in [3.63, 3.8) is 0 Å². The quantitative estimate of drug-likeness (QED) is 0.164. The van der Waals surface area contributed by atoms with E-state index >= 15 is 0 Å². The fourth-order valence-electron chi connectivity index (χ4n) is 3.82. The minimum absolute atomic E-state index is 0.0170. The Balaban J connectivity index is 0.000000588. The summed E-state index contributed by atoms with van der Waals surface area (Å²) in [6, 6.07) is 36.8. The molecule has 176 valence electrons. The smallest absolute Gasteiger partial charge is 0.418 e. The molecule has 0 amide bonds. The van der Waals surface area contributed by atoms with E-state index < -0.39 is 7.25 Å². The number of hydrogen-bond donors (Lipinski definition) is 0. The minimum Gasteiger partial charge on any atom is -0.418 e. The molecule has 3 aromatic carbocycles. The van der Waals surface area contributed by atoms with E-state index in [4.69, 9.17) is 0 Å². The summed E-state index contributed by atoms with van der Waals surface area (Å²) in [5, 5.41) is 0. The van der Waals surface area contributed by atoms with E-state index in [1.807, 2.05) is 0 Å². The summed E-state index contributed by atoms with van der Waals surface area (Å²) in [5.74, 6) is 0. The van der Waals surface area contributed by atoms with Crippen LogP contribution in [0.15, 0.2) is 103 Å². The summed E-state index contributed by atoms with van der Waals surface area (Å²) in [4.78, 5) is 0. The second-order valence-corrected chi connectivity index (χ2v) is 9.06. The van der Waals surface area contributed by atoms with Crippen molar-refractivity contribution in [1.82, 2.24) is 0 Å². The molecule has 0 bridgehead atoms. The Hall–Kier alpha value is -3.41. The summed E-state index contributed by atoms with van der Waals surface area (Å²) in [6.45, 7) is 7.75. The van der Waals surface area contributed by atoms with E-state index in [-0.39, 0.29) is 5.41 Å². The van der Waals surface area contributed by atoms with Crippen LogP contribution >= 0.6 is 0 Å². The SMILES string of the molecule is CC(C)(C)c1cc(-c2ccccc2)cc(-c2ccccc2)[n+]1Cc1ccccc1.F[B-](F)(F)F. The van der Waals surface area contributed by atoms with E-state index in [1.165, 1.54) is 33.6 Å². The molecule has 0 unspecified atom stereocenters. The van der Waals surface area contributed by atoms with Crippen LogP contribution in [-0.4, -0.2) is 7.25 Å². The molecule has 0 N–H and O–H groups in total. The predicted molar refractivity (Wildman–Crippen MR) is 132 cm³/mol. The third-order valence-electron chi connectivity index (χ3n) is 5.29. The lowest BCUT2D eigenvalue weighted by molar-refractivity contribution is -0.688. The molecule has 0 aliphatic rings. The Labute approximate surface area is 198 Å². The Morgan fingerprint density at radius 2 is 1.06 bits per heavy atom. The van der Waals surface area contributed by atoms with Crippen molar-refractivity contribution in [3.8, 4) is 22.4 Å². The second kappa shape index (κ2) is 10.7. The van der Waals surface area contributed by atoms with Gasteiger partial charge in [0.15, 0.2) is 12.2 Å². The topological polar surface area (TPSA) is 3.88 Å². The standard InChI is InChI=1S/C28H28N.BF4/c1-28(2,3)27-20-25(23-15-9-5-10-16-23)19-26(24-17-11-6-12-18-24)29(27)21-22-13-7-4-8-14-22;2-1(3,4)5/h4-20H,21H2,1-3H3;/q+1;-1. The highest BCUT2D eigenvalue weighted by Gasteiger charge is 2.30. The normalized spacial score (nSPS) is 11.5. The molecule has 0 radical (unpaired) electrons. The zero-order chi connectivity index (χ0) is 24.8.